The maximum Gasteiger partial charge on any atom is 0.248 e. The van der Waals surface area contributed by atoms with E-state index in [1.807, 2.05) is 18.2 Å². The zero-order valence-corrected chi connectivity index (χ0v) is 15.7. The number of hydrogen-bond acceptors (Lipinski definition) is 4. The third-order valence-corrected chi connectivity index (χ3v) is 6.30. The average molecular weight is 389 g/mol. The van der Waals surface area contributed by atoms with E-state index in [0.717, 1.165) is 34.9 Å². The molecular formula is C22H16FN3OS. The summed E-state index contributed by atoms with van der Waals surface area (Å²) in [5.41, 5.74) is 8.73. The molecule has 2 heterocycles. The number of carbonyl (C=O) groups excluding carboxylic acids is 1. The summed E-state index contributed by atoms with van der Waals surface area (Å²) in [7, 11) is 0. The van der Waals surface area contributed by atoms with Crippen molar-refractivity contribution >= 4 is 27.6 Å². The second-order valence-electron chi connectivity index (χ2n) is 7.05. The third-order valence-electron chi connectivity index (χ3n) is 5.31. The van der Waals surface area contributed by atoms with E-state index in [1.54, 1.807) is 6.07 Å². The van der Waals surface area contributed by atoms with Crippen LogP contribution in [0.25, 0.3) is 20.9 Å². The van der Waals surface area contributed by atoms with Gasteiger partial charge in [-0.05, 0) is 48.7 Å². The zero-order chi connectivity index (χ0) is 19.3. The van der Waals surface area contributed by atoms with Gasteiger partial charge in [0.1, 0.15) is 21.2 Å². The lowest BCUT2D eigenvalue weighted by Gasteiger charge is -2.14. The highest BCUT2D eigenvalue weighted by molar-refractivity contribution is 7.21. The molecule has 6 heteroatoms. The summed E-state index contributed by atoms with van der Waals surface area (Å²) in [6.07, 6.45) is 2.15. The van der Waals surface area contributed by atoms with Crippen LogP contribution in [-0.2, 0) is 5.41 Å². The van der Waals surface area contributed by atoms with E-state index in [9.17, 15) is 9.18 Å². The predicted molar refractivity (Wildman–Crippen MR) is 108 cm³/mol. The largest absolute Gasteiger partial charge is 0.366 e. The lowest BCUT2D eigenvalue weighted by molar-refractivity contribution is 0.1000. The number of hydrogen-bond donors (Lipinski definition) is 1. The van der Waals surface area contributed by atoms with Crippen LogP contribution in [0.3, 0.4) is 0 Å². The number of pyridine rings is 1. The molecule has 0 bridgehead atoms. The quantitative estimate of drug-likeness (QED) is 0.551. The van der Waals surface area contributed by atoms with Crippen LogP contribution in [0.2, 0.25) is 0 Å². The van der Waals surface area contributed by atoms with E-state index in [0.29, 0.717) is 10.6 Å². The Kier molecular flexibility index (Phi) is 3.77. The van der Waals surface area contributed by atoms with Gasteiger partial charge in [0.2, 0.25) is 5.91 Å². The molecule has 1 saturated carbocycles. The van der Waals surface area contributed by atoms with Gasteiger partial charge in [0.15, 0.2) is 0 Å². The van der Waals surface area contributed by atoms with Crippen molar-refractivity contribution in [2.45, 2.75) is 18.3 Å². The summed E-state index contributed by atoms with van der Waals surface area (Å²) in [5, 5.41) is 0.540. The number of fused-ring (bicyclic) bond motifs is 1. The van der Waals surface area contributed by atoms with E-state index in [2.05, 4.69) is 29.2 Å². The number of amides is 1. The lowest BCUT2D eigenvalue weighted by Crippen LogP contribution is -2.11. The fraction of sp³-hybridized carbons (Fsp3) is 0.136. The number of halogens is 1. The van der Waals surface area contributed by atoms with Gasteiger partial charge in [-0.1, -0.05) is 41.7 Å². The van der Waals surface area contributed by atoms with Gasteiger partial charge in [-0.15, -0.1) is 0 Å². The van der Waals surface area contributed by atoms with E-state index in [-0.39, 0.29) is 11.0 Å². The average Bonchev–Trinajstić information content (AvgIpc) is 3.41. The monoisotopic (exact) mass is 389 g/mol. The normalized spacial score (nSPS) is 14.9. The fourth-order valence-electron chi connectivity index (χ4n) is 3.62. The minimum Gasteiger partial charge on any atom is -0.366 e. The van der Waals surface area contributed by atoms with Gasteiger partial charge < -0.3 is 5.73 Å². The molecule has 1 aliphatic rings. The Morgan fingerprint density at radius 3 is 2.50 bits per heavy atom. The van der Waals surface area contributed by atoms with Gasteiger partial charge in [-0.2, -0.15) is 0 Å². The number of nitrogens with two attached hydrogens (primary N) is 1. The van der Waals surface area contributed by atoms with Crippen molar-refractivity contribution in [1.29, 1.82) is 0 Å². The molecule has 0 radical (unpaired) electrons. The molecule has 4 aromatic rings. The zero-order valence-electron chi connectivity index (χ0n) is 14.9. The minimum absolute atomic E-state index is 0.0199. The maximum atomic E-state index is 14.5. The molecule has 4 nitrogen and oxygen atoms in total. The summed E-state index contributed by atoms with van der Waals surface area (Å²) < 4.78 is 14.5. The second kappa shape index (κ2) is 6.21. The number of aromatic nitrogens is 2. The van der Waals surface area contributed by atoms with Gasteiger partial charge in [0.25, 0.3) is 0 Å². The van der Waals surface area contributed by atoms with Crippen LogP contribution in [-0.4, -0.2) is 15.9 Å². The van der Waals surface area contributed by atoms with E-state index in [1.165, 1.54) is 23.0 Å². The first-order valence-corrected chi connectivity index (χ1v) is 9.82. The van der Waals surface area contributed by atoms with Gasteiger partial charge in [-0.3, -0.25) is 4.79 Å². The highest BCUT2D eigenvalue weighted by Gasteiger charge is 2.47. The molecule has 138 valence electrons. The molecule has 2 aromatic carbocycles. The number of benzene rings is 2. The summed E-state index contributed by atoms with van der Waals surface area (Å²) in [6.45, 7) is 0. The van der Waals surface area contributed by atoms with Crippen LogP contribution in [0.1, 0.15) is 34.5 Å². The van der Waals surface area contributed by atoms with Gasteiger partial charge >= 0.3 is 0 Å². The van der Waals surface area contributed by atoms with Crippen molar-refractivity contribution in [2.75, 3.05) is 0 Å². The Labute approximate surface area is 164 Å². The molecule has 5 rings (SSSR count). The highest BCUT2D eigenvalue weighted by atomic mass is 32.1. The third kappa shape index (κ3) is 2.68. The van der Waals surface area contributed by atoms with E-state index < -0.39 is 11.7 Å². The SMILES string of the molecule is NC(=O)c1ccc(-c2nc3ccc(C4(c5ccccc5)CC4)nc3s2)c(F)c1. The van der Waals surface area contributed by atoms with Crippen molar-refractivity contribution in [1.82, 2.24) is 9.97 Å². The molecule has 1 fully saturated rings. The Morgan fingerprint density at radius 1 is 1.04 bits per heavy atom. The van der Waals surface area contributed by atoms with Crippen LogP contribution in [0, 0.1) is 5.82 Å². The summed E-state index contributed by atoms with van der Waals surface area (Å²) >= 11 is 1.35. The van der Waals surface area contributed by atoms with Crippen molar-refractivity contribution in [3.8, 4) is 10.6 Å². The molecule has 1 amide bonds. The highest BCUT2D eigenvalue weighted by Crippen LogP contribution is 2.53. The number of primary amides is 1. The Morgan fingerprint density at radius 2 is 1.82 bits per heavy atom. The minimum atomic E-state index is -0.656. The van der Waals surface area contributed by atoms with Crippen molar-refractivity contribution in [3.63, 3.8) is 0 Å². The first-order valence-electron chi connectivity index (χ1n) is 9.00. The topological polar surface area (TPSA) is 68.9 Å². The van der Waals surface area contributed by atoms with Crippen LogP contribution >= 0.6 is 11.3 Å². The molecule has 0 unspecified atom stereocenters. The summed E-state index contributed by atoms with van der Waals surface area (Å²) in [6, 6.07) is 18.6. The molecule has 0 atom stereocenters. The van der Waals surface area contributed by atoms with Crippen LogP contribution < -0.4 is 5.73 Å². The van der Waals surface area contributed by atoms with E-state index in [4.69, 9.17) is 10.7 Å². The number of rotatable bonds is 4. The first-order chi connectivity index (χ1) is 13.6. The second-order valence-corrected chi connectivity index (χ2v) is 8.02. The lowest BCUT2D eigenvalue weighted by atomic mass is 9.92. The molecule has 2 aromatic heterocycles. The molecule has 0 aliphatic heterocycles. The van der Waals surface area contributed by atoms with Gasteiger partial charge in [-0.25, -0.2) is 14.4 Å². The molecule has 1 aliphatic carbocycles. The fourth-order valence-corrected chi connectivity index (χ4v) is 4.58. The van der Waals surface area contributed by atoms with Gasteiger partial charge in [0, 0.05) is 16.5 Å². The van der Waals surface area contributed by atoms with E-state index >= 15 is 0 Å². The van der Waals surface area contributed by atoms with Crippen LogP contribution in [0.15, 0.2) is 60.7 Å². The summed E-state index contributed by atoms with van der Waals surface area (Å²) in [4.78, 5) is 21.4. The Balaban J connectivity index is 1.56. The molecule has 28 heavy (non-hydrogen) atoms. The Hall–Kier alpha value is -3.12. The maximum absolute atomic E-state index is 14.5. The standard InChI is InChI=1S/C22H16FN3OS/c23-16-12-13(19(24)27)6-7-15(16)20-25-17-8-9-18(26-21(17)28-20)22(10-11-22)14-4-2-1-3-5-14/h1-9,12H,10-11H2,(H2,24,27). The number of carbonyl (C=O) groups is 1. The van der Waals surface area contributed by atoms with Crippen molar-refractivity contribution in [3.05, 3.63) is 83.3 Å². The van der Waals surface area contributed by atoms with Gasteiger partial charge in [0.05, 0.1) is 5.69 Å². The smallest absolute Gasteiger partial charge is 0.248 e. The molecule has 0 spiro atoms. The first kappa shape index (κ1) is 17.0. The predicted octanol–water partition coefficient (Wildman–Crippen LogP) is 4.68. The Bertz CT molecular complexity index is 1220. The van der Waals surface area contributed by atoms with Crippen molar-refractivity contribution in [2.24, 2.45) is 5.73 Å². The molecule has 2 N–H and O–H groups in total. The summed E-state index contributed by atoms with van der Waals surface area (Å²) in [5.74, 6) is -1.17. The van der Waals surface area contributed by atoms with Crippen LogP contribution in [0.5, 0.6) is 0 Å². The molecule has 0 saturated heterocycles. The van der Waals surface area contributed by atoms with Crippen LogP contribution in [0.4, 0.5) is 4.39 Å². The number of nitrogens with zero attached hydrogens (tertiary/aromatic N) is 2. The number of thiazole rings is 1. The molecular weight excluding hydrogens is 373 g/mol. The van der Waals surface area contributed by atoms with Crippen molar-refractivity contribution < 1.29 is 9.18 Å².